The van der Waals surface area contributed by atoms with Crippen molar-refractivity contribution in [3.63, 3.8) is 0 Å². The molecule has 0 radical (unpaired) electrons. The van der Waals surface area contributed by atoms with Gasteiger partial charge in [0.2, 0.25) is 0 Å². The van der Waals surface area contributed by atoms with E-state index in [1.54, 1.807) is 0 Å². The van der Waals surface area contributed by atoms with Crippen LogP contribution < -0.4 is 5.32 Å². The molecule has 1 heterocycles. The van der Waals surface area contributed by atoms with Crippen molar-refractivity contribution in [2.24, 2.45) is 5.92 Å². The van der Waals surface area contributed by atoms with E-state index in [0.717, 1.165) is 25.0 Å². The average molecular weight is 359 g/mol. The Morgan fingerprint density at radius 3 is 2.85 bits per heavy atom. The van der Waals surface area contributed by atoms with Crippen LogP contribution in [-0.4, -0.2) is 31.1 Å². The molecule has 2 unspecified atom stereocenters. The van der Waals surface area contributed by atoms with Crippen molar-refractivity contribution in [3.8, 4) is 0 Å². The van der Waals surface area contributed by atoms with Crippen molar-refractivity contribution in [1.29, 1.82) is 0 Å². The van der Waals surface area contributed by atoms with Crippen molar-refractivity contribution >= 4 is 27.3 Å². The number of nitrogens with one attached hydrogen (secondary N) is 1. The quantitative estimate of drug-likeness (QED) is 0.753. The van der Waals surface area contributed by atoms with Crippen molar-refractivity contribution in [2.45, 2.75) is 51.6 Å². The van der Waals surface area contributed by atoms with Gasteiger partial charge in [-0.25, -0.2) is 0 Å². The van der Waals surface area contributed by atoms with Crippen LogP contribution in [0.1, 0.15) is 43.9 Å². The third-order valence-corrected chi connectivity index (χ3v) is 5.90. The zero-order valence-corrected chi connectivity index (χ0v) is 15.1. The molecule has 0 aliphatic heterocycles. The van der Waals surface area contributed by atoms with Gasteiger partial charge in [0.05, 0.1) is 0 Å². The summed E-state index contributed by atoms with van der Waals surface area (Å²) in [5.41, 5.74) is 0. The van der Waals surface area contributed by atoms with Gasteiger partial charge in [0.1, 0.15) is 0 Å². The lowest BCUT2D eigenvalue weighted by Crippen LogP contribution is -2.40. The van der Waals surface area contributed by atoms with Gasteiger partial charge in [-0.05, 0) is 54.3 Å². The lowest BCUT2D eigenvalue weighted by atomic mass is 9.94. The molecule has 1 N–H and O–H groups in total. The number of nitrogens with zero attached hydrogens (tertiary/aromatic N) is 1. The van der Waals surface area contributed by atoms with E-state index in [4.69, 9.17) is 0 Å². The zero-order chi connectivity index (χ0) is 14.4. The number of hydrogen-bond acceptors (Lipinski definition) is 3. The zero-order valence-electron chi connectivity index (χ0n) is 12.7. The van der Waals surface area contributed by atoms with Gasteiger partial charge in [-0.1, -0.05) is 26.2 Å². The summed E-state index contributed by atoms with van der Waals surface area (Å²) in [6.07, 6.45) is 6.97. The fraction of sp³-hybridized carbons (Fsp3) is 0.750. The second-order valence-electron chi connectivity index (χ2n) is 5.99. The van der Waals surface area contributed by atoms with E-state index < -0.39 is 0 Å². The van der Waals surface area contributed by atoms with Gasteiger partial charge in [-0.2, -0.15) is 0 Å². The highest BCUT2D eigenvalue weighted by atomic mass is 79.9. The lowest BCUT2D eigenvalue weighted by molar-refractivity contribution is 0.221. The first kappa shape index (κ1) is 16.5. The SMILES string of the molecule is CCNC1CCCCCC1CN(C)Cc1cc(Br)cs1. The molecular weight excluding hydrogens is 332 g/mol. The summed E-state index contributed by atoms with van der Waals surface area (Å²) in [6.45, 7) is 5.62. The van der Waals surface area contributed by atoms with Crippen molar-refractivity contribution in [2.75, 3.05) is 20.1 Å². The van der Waals surface area contributed by atoms with E-state index in [-0.39, 0.29) is 0 Å². The van der Waals surface area contributed by atoms with Crippen molar-refractivity contribution < 1.29 is 0 Å². The average Bonchev–Trinajstić information content (AvgIpc) is 2.68. The smallest absolute Gasteiger partial charge is 0.0325 e. The predicted octanol–water partition coefficient (Wildman–Crippen LogP) is 4.50. The van der Waals surface area contributed by atoms with Gasteiger partial charge in [0.25, 0.3) is 0 Å². The molecule has 1 saturated carbocycles. The maximum absolute atomic E-state index is 3.72. The number of hydrogen-bond donors (Lipinski definition) is 1. The van der Waals surface area contributed by atoms with Gasteiger partial charge in [-0.3, -0.25) is 0 Å². The molecule has 0 saturated heterocycles. The minimum Gasteiger partial charge on any atom is -0.314 e. The molecular formula is C16H27BrN2S. The van der Waals surface area contributed by atoms with Gasteiger partial charge >= 0.3 is 0 Å². The molecule has 1 aliphatic carbocycles. The molecule has 2 nitrogen and oxygen atoms in total. The van der Waals surface area contributed by atoms with Crippen LogP contribution in [-0.2, 0) is 6.54 Å². The topological polar surface area (TPSA) is 15.3 Å². The van der Waals surface area contributed by atoms with Crippen molar-refractivity contribution in [1.82, 2.24) is 10.2 Å². The number of halogens is 1. The number of thiophene rings is 1. The largest absolute Gasteiger partial charge is 0.314 e. The molecule has 0 spiro atoms. The summed E-state index contributed by atoms with van der Waals surface area (Å²) < 4.78 is 1.21. The third kappa shape index (κ3) is 5.14. The van der Waals surface area contributed by atoms with E-state index in [0.29, 0.717) is 0 Å². The first-order valence-electron chi connectivity index (χ1n) is 7.84. The molecule has 1 aliphatic rings. The highest BCUT2D eigenvalue weighted by Crippen LogP contribution is 2.26. The van der Waals surface area contributed by atoms with Crippen LogP contribution in [0.15, 0.2) is 15.9 Å². The molecule has 0 aromatic carbocycles. The molecule has 0 bridgehead atoms. The van der Waals surface area contributed by atoms with E-state index in [2.05, 4.69) is 51.6 Å². The monoisotopic (exact) mass is 358 g/mol. The van der Waals surface area contributed by atoms with Gasteiger partial charge in [-0.15, -0.1) is 11.3 Å². The third-order valence-electron chi connectivity index (χ3n) is 4.22. The summed E-state index contributed by atoms with van der Waals surface area (Å²) in [6, 6.07) is 2.97. The van der Waals surface area contributed by atoms with Gasteiger partial charge in [0, 0.05) is 33.9 Å². The van der Waals surface area contributed by atoms with Gasteiger partial charge < -0.3 is 10.2 Å². The van der Waals surface area contributed by atoms with E-state index in [1.807, 2.05) is 11.3 Å². The molecule has 1 aromatic heterocycles. The maximum Gasteiger partial charge on any atom is 0.0325 e. The molecule has 1 aromatic rings. The molecule has 2 rings (SSSR count). The summed E-state index contributed by atoms with van der Waals surface area (Å²) in [5, 5.41) is 5.89. The first-order valence-corrected chi connectivity index (χ1v) is 9.51. The van der Waals surface area contributed by atoms with Gasteiger partial charge in [0.15, 0.2) is 0 Å². The fourth-order valence-electron chi connectivity index (χ4n) is 3.30. The van der Waals surface area contributed by atoms with E-state index >= 15 is 0 Å². The summed E-state index contributed by atoms with van der Waals surface area (Å²) in [7, 11) is 2.27. The highest BCUT2D eigenvalue weighted by Gasteiger charge is 2.24. The first-order chi connectivity index (χ1) is 9.69. The maximum atomic E-state index is 3.72. The Morgan fingerprint density at radius 1 is 1.35 bits per heavy atom. The molecule has 2 atom stereocenters. The van der Waals surface area contributed by atoms with Crippen LogP contribution in [0.2, 0.25) is 0 Å². The fourth-order valence-corrected chi connectivity index (χ4v) is 4.83. The second kappa shape index (κ2) is 8.52. The number of rotatable bonds is 6. The summed E-state index contributed by atoms with van der Waals surface area (Å²) in [5.74, 6) is 0.811. The van der Waals surface area contributed by atoms with Crippen molar-refractivity contribution in [3.05, 3.63) is 20.8 Å². The Hall–Kier alpha value is 0.1000. The molecule has 20 heavy (non-hydrogen) atoms. The molecule has 0 amide bonds. The Morgan fingerprint density at radius 2 is 2.15 bits per heavy atom. The Balaban J connectivity index is 1.87. The Kier molecular flexibility index (Phi) is 7.02. The van der Waals surface area contributed by atoms with Crippen LogP contribution in [0.5, 0.6) is 0 Å². The van der Waals surface area contributed by atoms with Crippen LogP contribution in [0, 0.1) is 5.92 Å². The summed E-state index contributed by atoms with van der Waals surface area (Å²) >= 11 is 5.39. The minimum absolute atomic E-state index is 0.722. The summed E-state index contributed by atoms with van der Waals surface area (Å²) in [4.78, 5) is 3.95. The van der Waals surface area contributed by atoms with Crippen LogP contribution in [0.25, 0.3) is 0 Å². The van der Waals surface area contributed by atoms with E-state index in [1.165, 1.54) is 48.0 Å². The second-order valence-corrected chi connectivity index (χ2v) is 7.90. The highest BCUT2D eigenvalue weighted by molar-refractivity contribution is 9.10. The molecule has 114 valence electrons. The van der Waals surface area contributed by atoms with Crippen LogP contribution in [0.3, 0.4) is 0 Å². The predicted molar refractivity (Wildman–Crippen MR) is 92.4 cm³/mol. The van der Waals surface area contributed by atoms with Crippen LogP contribution in [0.4, 0.5) is 0 Å². The Labute approximate surface area is 136 Å². The standard InChI is InChI=1S/C16H27BrN2S/c1-3-18-16-8-6-4-5-7-13(16)10-19(2)11-15-9-14(17)12-20-15/h9,12-13,16,18H,3-8,10-11H2,1-2H3. The van der Waals surface area contributed by atoms with E-state index in [9.17, 15) is 0 Å². The lowest BCUT2D eigenvalue weighted by Gasteiger charge is -2.29. The Bertz CT molecular complexity index is 394. The molecule has 4 heteroatoms. The molecule has 1 fully saturated rings. The minimum atomic E-state index is 0.722. The normalized spacial score (nSPS) is 24.0. The van der Waals surface area contributed by atoms with Crippen LogP contribution >= 0.6 is 27.3 Å².